The fraction of sp³-hybridized carbons (Fsp3) is 0.333. The number of nitrogen functional groups attached to an aromatic ring is 1. The minimum Gasteiger partial charge on any atom is -0.383 e. The van der Waals surface area contributed by atoms with Crippen molar-refractivity contribution < 1.29 is 9.53 Å². The summed E-state index contributed by atoms with van der Waals surface area (Å²) >= 11 is 0. The van der Waals surface area contributed by atoms with E-state index in [1.54, 1.807) is 6.07 Å². The van der Waals surface area contributed by atoms with E-state index in [9.17, 15) is 4.79 Å². The Morgan fingerprint density at radius 3 is 3.10 bits per heavy atom. The van der Waals surface area contributed by atoms with Crippen LogP contribution in [-0.4, -0.2) is 30.6 Å². The predicted octanol–water partition coefficient (Wildman–Crippen LogP) is 1.58. The molecule has 5 heteroatoms. The Morgan fingerprint density at radius 1 is 1.45 bits per heavy atom. The highest BCUT2D eigenvalue weighted by atomic mass is 16.5. The van der Waals surface area contributed by atoms with Crippen LogP contribution in [0.25, 0.3) is 10.8 Å². The molecule has 20 heavy (non-hydrogen) atoms. The lowest BCUT2D eigenvalue weighted by atomic mass is 10.1. The van der Waals surface area contributed by atoms with Crippen molar-refractivity contribution in [2.75, 3.05) is 25.5 Å². The molecule has 3 N–H and O–H groups in total. The van der Waals surface area contributed by atoms with E-state index in [1.807, 2.05) is 24.3 Å². The smallest absolute Gasteiger partial charge is 0.270 e. The summed E-state index contributed by atoms with van der Waals surface area (Å²) in [6.45, 7) is 2.11. The van der Waals surface area contributed by atoms with Gasteiger partial charge < -0.3 is 15.8 Å². The molecule has 0 saturated carbocycles. The van der Waals surface area contributed by atoms with E-state index in [-0.39, 0.29) is 5.91 Å². The third-order valence-electron chi connectivity index (χ3n) is 3.58. The van der Waals surface area contributed by atoms with Gasteiger partial charge in [0.15, 0.2) is 0 Å². The fourth-order valence-corrected chi connectivity index (χ4v) is 2.41. The van der Waals surface area contributed by atoms with Crippen molar-refractivity contribution >= 4 is 22.5 Å². The molecule has 1 aliphatic heterocycles. The van der Waals surface area contributed by atoms with E-state index in [2.05, 4.69) is 10.3 Å². The lowest BCUT2D eigenvalue weighted by molar-refractivity contribution is 0.0940. The van der Waals surface area contributed by atoms with E-state index in [0.29, 0.717) is 30.6 Å². The highest BCUT2D eigenvalue weighted by Crippen LogP contribution is 2.20. The van der Waals surface area contributed by atoms with Crippen molar-refractivity contribution in [1.29, 1.82) is 0 Å². The standard InChI is InChI=1S/C15H17N3O2/c16-14-12-4-2-1-3-11(12)7-13(18-14)15(19)17-8-10-5-6-20-9-10/h1-4,7,10H,5-6,8-9H2,(H2,16,18)(H,17,19). The first-order chi connectivity index (χ1) is 9.74. The van der Waals surface area contributed by atoms with Gasteiger partial charge in [-0.05, 0) is 17.9 Å². The fourth-order valence-electron chi connectivity index (χ4n) is 2.41. The Hall–Kier alpha value is -2.14. The van der Waals surface area contributed by atoms with Crippen LogP contribution in [0, 0.1) is 5.92 Å². The summed E-state index contributed by atoms with van der Waals surface area (Å²) in [6.07, 6.45) is 0.994. The Balaban J connectivity index is 1.77. The van der Waals surface area contributed by atoms with Crippen molar-refractivity contribution in [3.8, 4) is 0 Å². The van der Waals surface area contributed by atoms with Crippen LogP contribution in [0.2, 0.25) is 0 Å². The number of ether oxygens (including phenoxy) is 1. The van der Waals surface area contributed by atoms with Gasteiger partial charge in [0.25, 0.3) is 5.91 Å². The molecule has 0 bridgehead atoms. The molecule has 1 fully saturated rings. The first-order valence-electron chi connectivity index (χ1n) is 6.75. The predicted molar refractivity (Wildman–Crippen MR) is 77.4 cm³/mol. The van der Waals surface area contributed by atoms with Gasteiger partial charge in [-0.15, -0.1) is 0 Å². The van der Waals surface area contributed by atoms with Gasteiger partial charge in [0, 0.05) is 24.5 Å². The summed E-state index contributed by atoms with van der Waals surface area (Å²) in [5.74, 6) is 0.601. The molecule has 1 aromatic carbocycles. The lowest BCUT2D eigenvalue weighted by Gasteiger charge is -2.10. The van der Waals surface area contributed by atoms with Gasteiger partial charge in [-0.2, -0.15) is 0 Å². The van der Waals surface area contributed by atoms with Gasteiger partial charge >= 0.3 is 0 Å². The second-order valence-electron chi connectivity index (χ2n) is 5.05. The number of benzene rings is 1. The number of fused-ring (bicyclic) bond motifs is 1. The van der Waals surface area contributed by atoms with Crippen molar-refractivity contribution in [3.63, 3.8) is 0 Å². The molecular weight excluding hydrogens is 254 g/mol. The third-order valence-corrected chi connectivity index (χ3v) is 3.58. The number of carbonyl (C=O) groups excluding carboxylic acids is 1. The number of carbonyl (C=O) groups is 1. The van der Waals surface area contributed by atoms with Crippen LogP contribution in [-0.2, 0) is 4.74 Å². The molecule has 1 saturated heterocycles. The molecule has 0 aliphatic carbocycles. The van der Waals surface area contributed by atoms with Crippen LogP contribution in [0.1, 0.15) is 16.9 Å². The van der Waals surface area contributed by atoms with E-state index in [0.717, 1.165) is 23.8 Å². The number of hydrogen-bond donors (Lipinski definition) is 2. The van der Waals surface area contributed by atoms with Crippen molar-refractivity contribution in [1.82, 2.24) is 10.3 Å². The largest absolute Gasteiger partial charge is 0.383 e. The zero-order chi connectivity index (χ0) is 13.9. The average Bonchev–Trinajstić information content (AvgIpc) is 2.98. The zero-order valence-electron chi connectivity index (χ0n) is 11.1. The minimum atomic E-state index is -0.186. The second kappa shape index (κ2) is 5.46. The minimum absolute atomic E-state index is 0.186. The molecule has 1 atom stereocenters. The number of amides is 1. The quantitative estimate of drug-likeness (QED) is 0.888. The van der Waals surface area contributed by atoms with Crippen molar-refractivity contribution in [3.05, 3.63) is 36.0 Å². The SMILES string of the molecule is Nc1nc(C(=O)NCC2CCOC2)cc2ccccc12. The van der Waals surface area contributed by atoms with Gasteiger partial charge in [0.2, 0.25) is 0 Å². The highest BCUT2D eigenvalue weighted by Gasteiger charge is 2.17. The molecule has 1 amide bonds. The van der Waals surface area contributed by atoms with E-state index < -0.39 is 0 Å². The number of nitrogens with one attached hydrogen (secondary N) is 1. The van der Waals surface area contributed by atoms with Gasteiger partial charge in [0.05, 0.1) is 6.61 Å². The van der Waals surface area contributed by atoms with Crippen molar-refractivity contribution in [2.45, 2.75) is 6.42 Å². The monoisotopic (exact) mass is 271 g/mol. The Morgan fingerprint density at radius 2 is 2.30 bits per heavy atom. The molecule has 1 aliphatic rings. The van der Waals surface area contributed by atoms with Crippen LogP contribution in [0.5, 0.6) is 0 Å². The maximum absolute atomic E-state index is 12.1. The summed E-state index contributed by atoms with van der Waals surface area (Å²) in [5.41, 5.74) is 6.26. The maximum atomic E-state index is 12.1. The average molecular weight is 271 g/mol. The summed E-state index contributed by atoms with van der Waals surface area (Å²) in [5, 5.41) is 4.69. The van der Waals surface area contributed by atoms with Gasteiger partial charge in [-0.25, -0.2) is 4.98 Å². The molecule has 2 aromatic rings. The van der Waals surface area contributed by atoms with Gasteiger partial charge in [0.1, 0.15) is 11.5 Å². The molecule has 3 rings (SSSR count). The first kappa shape index (κ1) is 12.9. The number of nitrogens with zero attached hydrogens (tertiary/aromatic N) is 1. The Bertz CT molecular complexity index is 636. The summed E-state index contributed by atoms with van der Waals surface area (Å²) in [7, 11) is 0. The normalized spacial score (nSPS) is 18.3. The Labute approximate surface area is 117 Å². The number of hydrogen-bond acceptors (Lipinski definition) is 4. The molecule has 104 valence electrons. The van der Waals surface area contributed by atoms with E-state index >= 15 is 0 Å². The molecule has 0 spiro atoms. The number of rotatable bonds is 3. The summed E-state index contributed by atoms with van der Waals surface area (Å²) < 4.78 is 5.28. The lowest BCUT2D eigenvalue weighted by Crippen LogP contribution is -2.30. The molecule has 2 heterocycles. The zero-order valence-corrected chi connectivity index (χ0v) is 11.1. The third kappa shape index (κ3) is 2.58. The van der Waals surface area contributed by atoms with Crippen LogP contribution in [0.3, 0.4) is 0 Å². The molecular formula is C15H17N3O2. The van der Waals surface area contributed by atoms with Crippen LogP contribution >= 0.6 is 0 Å². The number of anilines is 1. The van der Waals surface area contributed by atoms with Gasteiger partial charge in [-0.1, -0.05) is 24.3 Å². The van der Waals surface area contributed by atoms with E-state index in [1.165, 1.54) is 0 Å². The molecule has 5 nitrogen and oxygen atoms in total. The van der Waals surface area contributed by atoms with Gasteiger partial charge in [-0.3, -0.25) is 4.79 Å². The topological polar surface area (TPSA) is 77.2 Å². The molecule has 1 unspecified atom stereocenters. The van der Waals surface area contributed by atoms with E-state index in [4.69, 9.17) is 10.5 Å². The number of aromatic nitrogens is 1. The van der Waals surface area contributed by atoms with Crippen molar-refractivity contribution in [2.24, 2.45) is 5.92 Å². The Kier molecular flexibility index (Phi) is 3.52. The van der Waals surface area contributed by atoms with Crippen LogP contribution < -0.4 is 11.1 Å². The molecule has 1 aromatic heterocycles. The maximum Gasteiger partial charge on any atom is 0.270 e. The first-order valence-corrected chi connectivity index (χ1v) is 6.75. The summed E-state index contributed by atoms with van der Waals surface area (Å²) in [4.78, 5) is 16.3. The summed E-state index contributed by atoms with van der Waals surface area (Å²) in [6, 6.07) is 9.41. The number of nitrogens with two attached hydrogens (primary N) is 1. The van der Waals surface area contributed by atoms with Crippen LogP contribution in [0.4, 0.5) is 5.82 Å². The van der Waals surface area contributed by atoms with Crippen LogP contribution in [0.15, 0.2) is 30.3 Å². The second-order valence-corrected chi connectivity index (χ2v) is 5.05. The number of pyridine rings is 1. The molecule has 0 radical (unpaired) electrons. The highest BCUT2D eigenvalue weighted by molar-refractivity contribution is 5.99.